The molecule has 1 aliphatic heterocycles. The van der Waals surface area contributed by atoms with Crippen molar-refractivity contribution in [1.29, 1.82) is 0 Å². The van der Waals surface area contributed by atoms with Crippen LogP contribution in [0.1, 0.15) is 19.3 Å². The van der Waals surface area contributed by atoms with Gasteiger partial charge in [-0.05, 0) is 19.3 Å². The fourth-order valence-electron chi connectivity index (χ4n) is 1.93. The van der Waals surface area contributed by atoms with Gasteiger partial charge in [0.25, 0.3) is 0 Å². The number of fused-ring (bicyclic) bond motifs is 2. The van der Waals surface area contributed by atoms with Crippen molar-refractivity contribution >= 4 is 11.3 Å². The van der Waals surface area contributed by atoms with E-state index in [2.05, 4.69) is 0 Å². The van der Waals surface area contributed by atoms with Gasteiger partial charge in [0.15, 0.2) is 11.5 Å². The van der Waals surface area contributed by atoms with Gasteiger partial charge in [-0.1, -0.05) is 0 Å². The van der Waals surface area contributed by atoms with Gasteiger partial charge < -0.3 is 9.47 Å². The molecule has 1 aliphatic carbocycles. The summed E-state index contributed by atoms with van der Waals surface area (Å²) in [6.45, 7) is 0. The van der Waals surface area contributed by atoms with E-state index in [-0.39, 0.29) is 0 Å². The topological polar surface area (TPSA) is 18.5 Å². The average Bonchev–Trinajstić information content (AvgIpc) is 2.64. The number of thiophene rings is 1. The molecule has 3 rings (SSSR count). The Kier molecular flexibility index (Phi) is 1.35. The first-order valence-electron chi connectivity index (χ1n) is 4.33. The molecule has 3 heteroatoms. The van der Waals surface area contributed by atoms with Crippen molar-refractivity contribution in [2.75, 3.05) is 0 Å². The highest BCUT2D eigenvalue weighted by Crippen LogP contribution is 2.41. The van der Waals surface area contributed by atoms with Gasteiger partial charge in [-0.3, -0.25) is 0 Å². The van der Waals surface area contributed by atoms with Crippen LogP contribution in [0, 0.1) is 0 Å². The SMILES string of the molecule is c1scc2c1OC1CCCC1O2. The van der Waals surface area contributed by atoms with E-state index in [0.29, 0.717) is 12.2 Å². The van der Waals surface area contributed by atoms with Crippen molar-refractivity contribution in [3.63, 3.8) is 0 Å². The minimum absolute atomic E-state index is 0.326. The zero-order valence-corrected chi connectivity index (χ0v) is 7.47. The molecule has 2 unspecified atom stereocenters. The smallest absolute Gasteiger partial charge is 0.172 e. The van der Waals surface area contributed by atoms with E-state index in [1.165, 1.54) is 6.42 Å². The quantitative estimate of drug-likeness (QED) is 0.613. The molecule has 64 valence electrons. The van der Waals surface area contributed by atoms with Gasteiger partial charge in [0.05, 0.1) is 0 Å². The molecule has 0 saturated heterocycles. The van der Waals surface area contributed by atoms with E-state index in [1.807, 2.05) is 10.8 Å². The summed E-state index contributed by atoms with van der Waals surface area (Å²) in [5, 5.41) is 4.04. The highest BCUT2D eigenvalue weighted by atomic mass is 32.1. The first-order chi connectivity index (χ1) is 5.93. The summed E-state index contributed by atoms with van der Waals surface area (Å²) < 4.78 is 11.6. The number of hydrogen-bond acceptors (Lipinski definition) is 3. The van der Waals surface area contributed by atoms with Crippen LogP contribution in [-0.4, -0.2) is 12.2 Å². The second-order valence-electron chi connectivity index (χ2n) is 3.34. The molecule has 0 spiro atoms. The largest absolute Gasteiger partial charge is 0.482 e. The molecule has 0 bridgehead atoms. The van der Waals surface area contributed by atoms with E-state index in [1.54, 1.807) is 11.3 Å². The van der Waals surface area contributed by atoms with Crippen molar-refractivity contribution in [2.45, 2.75) is 31.5 Å². The third kappa shape index (κ3) is 0.860. The highest BCUT2D eigenvalue weighted by Gasteiger charge is 2.35. The molecule has 0 amide bonds. The van der Waals surface area contributed by atoms with E-state index >= 15 is 0 Å². The van der Waals surface area contributed by atoms with Crippen LogP contribution in [0.25, 0.3) is 0 Å². The average molecular weight is 182 g/mol. The fraction of sp³-hybridized carbons (Fsp3) is 0.556. The monoisotopic (exact) mass is 182 g/mol. The van der Waals surface area contributed by atoms with Gasteiger partial charge in [-0.15, -0.1) is 11.3 Å². The van der Waals surface area contributed by atoms with Crippen LogP contribution < -0.4 is 9.47 Å². The van der Waals surface area contributed by atoms with Crippen LogP contribution in [0.15, 0.2) is 10.8 Å². The Labute approximate surface area is 75.1 Å². The maximum absolute atomic E-state index is 5.78. The molecule has 0 aromatic carbocycles. The summed E-state index contributed by atoms with van der Waals surface area (Å²) in [4.78, 5) is 0. The molecule has 0 radical (unpaired) electrons. The zero-order valence-electron chi connectivity index (χ0n) is 6.66. The third-order valence-electron chi connectivity index (χ3n) is 2.54. The second-order valence-corrected chi connectivity index (χ2v) is 4.09. The molecule has 12 heavy (non-hydrogen) atoms. The molecule has 2 nitrogen and oxygen atoms in total. The Bertz CT molecular complexity index is 268. The first-order valence-corrected chi connectivity index (χ1v) is 5.27. The van der Waals surface area contributed by atoms with Crippen LogP contribution in [0.2, 0.25) is 0 Å². The van der Waals surface area contributed by atoms with Crippen molar-refractivity contribution in [1.82, 2.24) is 0 Å². The number of ether oxygens (including phenoxy) is 2. The molecule has 1 aromatic heterocycles. The summed E-state index contributed by atoms with van der Waals surface area (Å²) >= 11 is 1.64. The Morgan fingerprint density at radius 1 is 1.08 bits per heavy atom. The van der Waals surface area contributed by atoms with E-state index in [9.17, 15) is 0 Å². The molecule has 2 heterocycles. The molecule has 1 aromatic rings. The summed E-state index contributed by atoms with van der Waals surface area (Å²) in [6, 6.07) is 0. The lowest BCUT2D eigenvalue weighted by molar-refractivity contribution is 0.0442. The van der Waals surface area contributed by atoms with Gasteiger partial charge >= 0.3 is 0 Å². The van der Waals surface area contributed by atoms with Crippen molar-refractivity contribution < 1.29 is 9.47 Å². The summed E-state index contributed by atoms with van der Waals surface area (Å²) in [7, 11) is 0. The Hall–Kier alpha value is -0.700. The maximum atomic E-state index is 5.78. The van der Waals surface area contributed by atoms with Crippen molar-refractivity contribution in [3.05, 3.63) is 10.8 Å². The van der Waals surface area contributed by atoms with Gasteiger partial charge in [0, 0.05) is 10.8 Å². The molecule has 1 fully saturated rings. The Morgan fingerprint density at radius 2 is 1.67 bits per heavy atom. The normalized spacial score (nSPS) is 31.7. The predicted molar refractivity (Wildman–Crippen MR) is 47.0 cm³/mol. The fourth-order valence-corrected chi connectivity index (χ4v) is 2.59. The second kappa shape index (κ2) is 2.39. The summed E-state index contributed by atoms with van der Waals surface area (Å²) in [5.74, 6) is 1.89. The predicted octanol–water partition coefficient (Wildman–Crippen LogP) is 2.44. The van der Waals surface area contributed by atoms with Gasteiger partial charge in [0.2, 0.25) is 0 Å². The minimum Gasteiger partial charge on any atom is -0.482 e. The van der Waals surface area contributed by atoms with Crippen LogP contribution in [0.5, 0.6) is 11.5 Å². The van der Waals surface area contributed by atoms with Gasteiger partial charge in [0.1, 0.15) is 12.2 Å². The summed E-state index contributed by atoms with van der Waals surface area (Å²) in [6.07, 6.45) is 4.20. The number of rotatable bonds is 0. The Balaban J connectivity index is 1.95. The third-order valence-corrected chi connectivity index (χ3v) is 3.24. The van der Waals surface area contributed by atoms with Crippen molar-refractivity contribution in [3.8, 4) is 11.5 Å². The molecular formula is C9H10O2S. The van der Waals surface area contributed by atoms with E-state index in [0.717, 1.165) is 24.3 Å². The molecule has 0 N–H and O–H groups in total. The van der Waals surface area contributed by atoms with E-state index in [4.69, 9.17) is 9.47 Å². The number of hydrogen-bond donors (Lipinski definition) is 0. The van der Waals surface area contributed by atoms with Crippen LogP contribution in [0.4, 0.5) is 0 Å². The molecule has 2 aliphatic rings. The first kappa shape index (κ1) is 6.78. The lowest BCUT2D eigenvalue weighted by Crippen LogP contribution is -2.34. The molecule has 2 atom stereocenters. The highest BCUT2D eigenvalue weighted by molar-refractivity contribution is 7.08. The summed E-state index contributed by atoms with van der Waals surface area (Å²) in [5.41, 5.74) is 0. The standard InChI is InChI=1S/C9H10O2S/c1-2-6-7(3-1)11-9-5-12-4-8(9)10-6/h4-7H,1-3H2. The molecular weight excluding hydrogens is 172 g/mol. The maximum Gasteiger partial charge on any atom is 0.172 e. The lowest BCUT2D eigenvalue weighted by Gasteiger charge is -2.27. The van der Waals surface area contributed by atoms with Gasteiger partial charge in [-0.2, -0.15) is 0 Å². The van der Waals surface area contributed by atoms with E-state index < -0.39 is 0 Å². The molecule has 1 saturated carbocycles. The van der Waals surface area contributed by atoms with Crippen LogP contribution in [0.3, 0.4) is 0 Å². The van der Waals surface area contributed by atoms with Crippen LogP contribution >= 0.6 is 11.3 Å². The van der Waals surface area contributed by atoms with Gasteiger partial charge in [-0.25, -0.2) is 0 Å². The Morgan fingerprint density at radius 3 is 2.25 bits per heavy atom. The zero-order chi connectivity index (χ0) is 7.97. The van der Waals surface area contributed by atoms with Crippen molar-refractivity contribution in [2.24, 2.45) is 0 Å². The minimum atomic E-state index is 0.326. The van der Waals surface area contributed by atoms with Crippen LogP contribution in [-0.2, 0) is 0 Å². The lowest BCUT2D eigenvalue weighted by atomic mass is 10.2.